The zero-order valence-corrected chi connectivity index (χ0v) is 16.6. The topological polar surface area (TPSA) is 47.3 Å². The number of anilines is 1. The van der Waals surface area contributed by atoms with Crippen molar-refractivity contribution in [1.29, 1.82) is 5.26 Å². The van der Waals surface area contributed by atoms with E-state index in [-0.39, 0.29) is 24.1 Å². The molecule has 142 valence electrons. The molecule has 1 atom stereocenters. The third-order valence-corrected chi connectivity index (χ3v) is 6.55. The van der Waals surface area contributed by atoms with E-state index in [1.54, 1.807) is 17.0 Å². The summed E-state index contributed by atoms with van der Waals surface area (Å²) in [7, 11) is 0. The van der Waals surface area contributed by atoms with E-state index < -0.39 is 0 Å². The maximum absolute atomic E-state index is 13.7. The molecule has 0 aromatic heterocycles. The molecule has 6 heteroatoms. The lowest BCUT2D eigenvalue weighted by Gasteiger charge is -2.42. The number of hydrogen-bond acceptors (Lipinski definition) is 4. The molecular weight excluding hydrogens is 373 g/mol. The highest BCUT2D eigenvalue weighted by Crippen LogP contribution is 2.43. The molecule has 2 aromatic carbocycles. The van der Waals surface area contributed by atoms with Crippen molar-refractivity contribution in [2.75, 3.05) is 17.4 Å². The van der Waals surface area contributed by atoms with Crippen LogP contribution in [0.5, 0.6) is 0 Å². The molecule has 0 aliphatic carbocycles. The summed E-state index contributed by atoms with van der Waals surface area (Å²) in [5.41, 5.74) is 4.72. The minimum Gasteiger partial charge on any atom is -0.344 e. The van der Waals surface area contributed by atoms with Gasteiger partial charge in [0.05, 0.1) is 29.2 Å². The molecule has 4 rings (SSSR count). The number of fused-ring (bicyclic) bond motifs is 1. The number of carbonyl (C=O) groups is 1. The number of nitrogens with zero attached hydrogens (tertiary/aromatic N) is 3. The zero-order chi connectivity index (χ0) is 19.8. The van der Waals surface area contributed by atoms with Crippen LogP contribution in [0.2, 0.25) is 0 Å². The van der Waals surface area contributed by atoms with Gasteiger partial charge in [0.25, 0.3) is 0 Å². The average Bonchev–Trinajstić information content (AvgIpc) is 2.70. The highest BCUT2D eigenvalue weighted by molar-refractivity contribution is 8.03. The van der Waals surface area contributed by atoms with Gasteiger partial charge in [-0.2, -0.15) is 5.26 Å². The molecule has 0 spiro atoms. The fourth-order valence-electron chi connectivity index (χ4n) is 3.66. The predicted octanol–water partition coefficient (Wildman–Crippen LogP) is 4.66. The summed E-state index contributed by atoms with van der Waals surface area (Å²) >= 11 is 1.49. The number of allylic oxidation sites excluding steroid dienone is 1. The lowest BCUT2D eigenvalue weighted by Crippen LogP contribution is -2.47. The maximum atomic E-state index is 13.7. The Morgan fingerprint density at radius 3 is 2.71 bits per heavy atom. The molecule has 2 aliphatic rings. The molecule has 4 nitrogen and oxygen atoms in total. The highest BCUT2D eigenvalue weighted by atomic mass is 32.2. The molecular formula is C22H20FN3OS. The summed E-state index contributed by atoms with van der Waals surface area (Å²) in [4.78, 5) is 16.7. The van der Waals surface area contributed by atoms with Crippen molar-refractivity contribution in [1.82, 2.24) is 4.90 Å². The Bertz CT molecular complexity index is 1030. The van der Waals surface area contributed by atoms with Gasteiger partial charge in [0.1, 0.15) is 5.82 Å². The number of thioether (sulfide) groups is 1. The monoisotopic (exact) mass is 393 g/mol. The second-order valence-corrected chi connectivity index (χ2v) is 8.12. The second-order valence-electron chi connectivity index (χ2n) is 7.19. The molecule has 28 heavy (non-hydrogen) atoms. The average molecular weight is 393 g/mol. The SMILES string of the molecule is Cc1ccc(N2CSC3=C(C#N)[C@H](c4cccc(F)c4)CC(=O)N3C2)cc1C. The molecule has 0 saturated carbocycles. The van der Waals surface area contributed by atoms with Crippen LogP contribution in [0, 0.1) is 31.0 Å². The lowest BCUT2D eigenvalue weighted by atomic mass is 9.86. The van der Waals surface area contributed by atoms with Gasteiger partial charge in [0.2, 0.25) is 5.91 Å². The van der Waals surface area contributed by atoms with Crippen molar-refractivity contribution < 1.29 is 9.18 Å². The maximum Gasteiger partial charge on any atom is 0.229 e. The molecule has 1 fully saturated rings. The van der Waals surface area contributed by atoms with Crippen molar-refractivity contribution in [3.8, 4) is 6.07 Å². The van der Waals surface area contributed by atoms with Crippen LogP contribution in [0.25, 0.3) is 0 Å². The Balaban J connectivity index is 1.67. The Morgan fingerprint density at radius 2 is 2.00 bits per heavy atom. The number of carbonyl (C=O) groups excluding carboxylic acids is 1. The first-order valence-corrected chi connectivity index (χ1v) is 10.1. The van der Waals surface area contributed by atoms with E-state index in [1.807, 2.05) is 0 Å². The third-order valence-electron chi connectivity index (χ3n) is 5.40. The second kappa shape index (κ2) is 7.33. The van der Waals surface area contributed by atoms with Crippen molar-refractivity contribution in [2.45, 2.75) is 26.2 Å². The van der Waals surface area contributed by atoms with Gasteiger partial charge in [-0.3, -0.25) is 9.69 Å². The first-order chi connectivity index (χ1) is 13.5. The highest BCUT2D eigenvalue weighted by Gasteiger charge is 2.38. The summed E-state index contributed by atoms with van der Waals surface area (Å²) in [5.74, 6) is -0.126. The van der Waals surface area contributed by atoms with E-state index in [2.05, 4.69) is 43.0 Å². The van der Waals surface area contributed by atoms with Gasteiger partial charge < -0.3 is 4.90 Å². The van der Waals surface area contributed by atoms with Crippen molar-refractivity contribution >= 4 is 23.4 Å². The summed E-state index contributed by atoms with van der Waals surface area (Å²) < 4.78 is 13.7. The molecule has 2 heterocycles. The first kappa shape index (κ1) is 18.6. The van der Waals surface area contributed by atoms with Crippen molar-refractivity contribution in [3.05, 3.63) is 75.6 Å². The van der Waals surface area contributed by atoms with E-state index in [9.17, 15) is 14.4 Å². The van der Waals surface area contributed by atoms with Gasteiger partial charge in [-0.15, -0.1) is 0 Å². The lowest BCUT2D eigenvalue weighted by molar-refractivity contribution is -0.129. The minimum atomic E-state index is -0.389. The van der Waals surface area contributed by atoms with Crippen LogP contribution in [-0.2, 0) is 4.79 Å². The number of rotatable bonds is 2. The smallest absolute Gasteiger partial charge is 0.229 e. The fraction of sp³-hybridized carbons (Fsp3) is 0.273. The zero-order valence-electron chi connectivity index (χ0n) is 15.8. The Labute approximate surface area is 168 Å². The fourth-order valence-corrected chi connectivity index (χ4v) is 4.82. The van der Waals surface area contributed by atoms with Gasteiger partial charge >= 0.3 is 0 Å². The number of aryl methyl sites for hydroxylation is 2. The summed E-state index contributed by atoms with van der Waals surface area (Å²) in [6, 6.07) is 14.7. The standard InChI is InChI=1S/C22H20FN3OS/c1-14-6-7-18(8-15(14)2)25-12-26-21(27)10-19(16-4-3-5-17(23)9-16)20(11-24)22(26)28-13-25/h3-9,19H,10,12-13H2,1-2H3/t19-/m0/s1. The van der Waals surface area contributed by atoms with Gasteiger partial charge in [-0.25, -0.2) is 4.39 Å². The largest absolute Gasteiger partial charge is 0.344 e. The van der Waals surface area contributed by atoms with Crippen molar-refractivity contribution in [2.24, 2.45) is 0 Å². The molecule has 0 bridgehead atoms. The van der Waals surface area contributed by atoms with Gasteiger partial charge in [-0.05, 0) is 54.8 Å². The Hall–Kier alpha value is -2.78. The van der Waals surface area contributed by atoms with E-state index in [1.165, 1.54) is 35.0 Å². The molecule has 2 aliphatic heterocycles. The molecule has 0 radical (unpaired) electrons. The molecule has 1 amide bonds. The number of hydrogen-bond donors (Lipinski definition) is 0. The van der Waals surface area contributed by atoms with Crippen LogP contribution in [0.1, 0.15) is 29.0 Å². The molecule has 1 saturated heterocycles. The Morgan fingerprint density at radius 1 is 1.18 bits per heavy atom. The number of benzene rings is 2. The van der Waals surface area contributed by atoms with Gasteiger partial charge in [0, 0.05) is 18.0 Å². The Kier molecular flexibility index (Phi) is 4.86. The predicted molar refractivity (Wildman–Crippen MR) is 109 cm³/mol. The summed E-state index contributed by atoms with van der Waals surface area (Å²) in [6.45, 7) is 4.57. The summed E-state index contributed by atoms with van der Waals surface area (Å²) in [5, 5.41) is 10.5. The molecule has 0 unspecified atom stereocenters. The van der Waals surface area contributed by atoms with E-state index in [0.717, 1.165) is 5.69 Å². The van der Waals surface area contributed by atoms with Gasteiger partial charge in [0.15, 0.2) is 0 Å². The number of nitriles is 1. The number of amides is 1. The van der Waals surface area contributed by atoms with Crippen molar-refractivity contribution in [3.63, 3.8) is 0 Å². The third kappa shape index (κ3) is 3.27. The summed E-state index contributed by atoms with van der Waals surface area (Å²) in [6.07, 6.45) is 0.178. The van der Waals surface area contributed by atoms with E-state index >= 15 is 0 Å². The van der Waals surface area contributed by atoms with E-state index in [0.29, 0.717) is 28.7 Å². The van der Waals surface area contributed by atoms with Crippen LogP contribution in [-0.4, -0.2) is 23.4 Å². The molecule has 0 N–H and O–H groups in total. The van der Waals surface area contributed by atoms with Crippen LogP contribution in [0.3, 0.4) is 0 Å². The van der Waals surface area contributed by atoms with Crippen LogP contribution < -0.4 is 4.90 Å². The molecule has 2 aromatic rings. The van der Waals surface area contributed by atoms with Crippen LogP contribution >= 0.6 is 11.8 Å². The first-order valence-electron chi connectivity index (χ1n) is 9.13. The number of halogens is 1. The normalized spacial score (nSPS) is 19.5. The minimum absolute atomic E-state index is 0.0377. The van der Waals surface area contributed by atoms with Crippen LogP contribution in [0.15, 0.2) is 53.1 Å². The quantitative estimate of drug-likeness (QED) is 0.744. The van der Waals surface area contributed by atoms with E-state index in [4.69, 9.17) is 0 Å². The van der Waals surface area contributed by atoms with Crippen LogP contribution in [0.4, 0.5) is 10.1 Å². The van der Waals surface area contributed by atoms with Gasteiger partial charge in [-0.1, -0.05) is 30.0 Å².